The van der Waals surface area contributed by atoms with Crippen LogP contribution >= 0.6 is 0 Å². The highest BCUT2D eigenvalue weighted by molar-refractivity contribution is 6.21. The van der Waals surface area contributed by atoms with Crippen LogP contribution in [0.1, 0.15) is 22.3 Å². The molecule has 0 amide bonds. The van der Waals surface area contributed by atoms with E-state index in [0.29, 0.717) is 17.5 Å². The summed E-state index contributed by atoms with van der Waals surface area (Å²) in [6.45, 7) is 0. The van der Waals surface area contributed by atoms with Gasteiger partial charge in [-0.1, -0.05) is 243 Å². The van der Waals surface area contributed by atoms with Crippen molar-refractivity contribution < 1.29 is 0 Å². The van der Waals surface area contributed by atoms with Crippen molar-refractivity contribution in [1.82, 2.24) is 15.0 Å². The summed E-state index contributed by atoms with van der Waals surface area (Å²) in [7, 11) is 0. The summed E-state index contributed by atoms with van der Waals surface area (Å²) < 4.78 is 0. The van der Waals surface area contributed by atoms with Gasteiger partial charge in [-0.15, -0.1) is 0 Å². The van der Waals surface area contributed by atoms with Crippen LogP contribution in [0.3, 0.4) is 0 Å². The lowest BCUT2D eigenvalue weighted by Crippen LogP contribution is -2.00. The SMILES string of the molecule is c1ccc(C(=C(c2ccccc2)c2cccc(-c3c4ccccc4c(-c4ccc(-c5nc(-c6ccccc6)nc(-c6ccccc6)n5)cc4)c4ccccc34)c2)c2ccccc2)cc1. The molecule has 0 saturated carbocycles. The van der Waals surface area contributed by atoms with Crippen molar-refractivity contribution in [2.24, 2.45) is 0 Å². The van der Waals surface area contributed by atoms with Crippen LogP contribution in [0.2, 0.25) is 0 Å². The maximum absolute atomic E-state index is 5.01. The van der Waals surface area contributed by atoms with Crippen LogP contribution in [0.4, 0.5) is 0 Å². The first kappa shape index (κ1) is 38.4. The summed E-state index contributed by atoms with van der Waals surface area (Å²) in [5.74, 6) is 1.93. The molecule has 3 nitrogen and oxygen atoms in total. The van der Waals surface area contributed by atoms with Gasteiger partial charge in [-0.05, 0) is 83.3 Å². The van der Waals surface area contributed by atoms with Crippen molar-refractivity contribution in [3.63, 3.8) is 0 Å². The Morgan fingerprint density at radius 3 is 0.906 bits per heavy atom. The fourth-order valence-corrected chi connectivity index (χ4v) is 9.03. The Morgan fingerprint density at radius 1 is 0.219 bits per heavy atom. The van der Waals surface area contributed by atoms with Gasteiger partial charge < -0.3 is 0 Å². The van der Waals surface area contributed by atoms with Gasteiger partial charge in [0.25, 0.3) is 0 Å². The van der Waals surface area contributed by atoms with Crippen LogP contribution in [0, 0.1) is 0 Å². The molecule has 0 aliphatic heterocycles. The zero-order valence-corrected chi connectivity index (χ0v) is 35.0. The van der Waals surface area contributed by atoms with Gasteiger partial charge in [-0.3, -0.25) is 0 Å². The molecule has 300 valence electrons. The predicted octanol–water partition coefficient (Wildman–Crippen LogP) is 15.5. The zero-order valence-electron chi connectivity index (χ0n) is 35.0. The molecule has 0 bridgehead atoms. The third-order valence-electron chi connectivity index (χ3n) is 11.9. The predicted molar refractivity (Wildman–Crippen MR) is 266 cm³/mol. The van der Waals surface area contributed by atoms with Crippen LogP contribution in [-0.4, -0.2) is 15.0 Å². The van der Waals surface area contributed by atoms with E-state index in [-0.39, 0.29) is 0 Å². The largest absolute Gasteiger partial charge is 0.208 e. The van der Waals surface area contributed by atoms with Gasteiger partial charge in [0.2, 0.25) is 0 Å². The van der Waals surface area contributed by atoms with Crippen molar-refractivity contribution in [3.8, 4) is 56.4 Å². The highest BCUT2D eigenvalue weighted by atomic mass is 15.0. The Bertz CT molecular complexity index is 3280. The highest BCUT2D eigenvalue weighted by Crippen LogP contribution is 2.45. The van der Waals surface area contributed by atoms with E-state index in [1.165, 1.54) is 66.1 Å². The number of fused-ring (bicyclic) bond motifs is 2. The van der Waals surface area contributed by atoms with E-state index >= 15 is 0 Å². The normalized spacial score (nSPS) is 11.1. The monoisotopic (exact) mass is 815 g/mol. The number of aromatic nitrogens is 3. The topological polar surface area (TPSA) is 38.7 Å². The number of nitrogens with zero attached hydrogens (tertiary/aromatic N) is 3. The molecule has 1 aromatic heterocycles. The number of rotatable bonds is 9. The second-order valence-electron chi connectivity index (χ2n) is 15.9. The van der Waals surface area contributed by atoms with Gasteiger partial charge in [0.15, 0.2) is 17.5 Å². The highest BCUT2D eigenvalue weighted by Gasteiger charge is 2.20. The van der Waals surface area contributed by atoms with Crippen LogP contribution < -0.4 is 0 Å². The van der Waals surface area contributed by atoms with Crippen molar-refractivity contribution in [2.45, 2.75) is 0 Å². The van der Waals surface area contributed by atoms with Gasteiger partial charge in [-0.2, -0.15) is 0 Å². The van der Waals surface area contributed by atoms with Gasteiger partial charge >= 0.3 is 0 Å². The molecule has 0 unspecified atom stereocenters. The van der Waals surface area contributed by atoms with E-state index in [1.807, 2.05) is 60.7 Å². The Kier molecular flexibility index (Phi) is 10.3. The van der Waals surface area contributed by atoms with Crippen molar-refractivity contribution in [1.29, 1.82) is 0 Å². The number of hydrogen-bond acceptors (Lipinski definition) is 3. The molecule has 0 atom stereocenters. The second-order valence-corrected chi connectivity index (χ2v) is 15.9. The molecule has 11 rings (SSSR count). The molecule has 0 saturated heterocycles. The summed E-state index contributed by atoms with van der Waals surface area (Å²) in [4.78, 5) is 14.9. The van der Waals surface area contributed by atoms with E-state index in [9.17, 15) is 0 Å². The summed E-state index contributed by atoms with van der Waals surface area (Å²) in [5, 5.41) is 4.79. The summed E-state index contributed by atoms with van der Waals surface area (Å²) in [6, 6.07) is 88.1. The standard InChI is InChI=1S/C61H41N3/c1-6-21-42(22-7-1)55(43-23-8-2-9-24-43)56(44-25-10-3-11-26-44)49-31-20-32-50(41-49)58-53-35-18-16-33-51(53)57(52-34-17-19-36-54(52)58)45-37-39-48(40-38-45)61-63-59(46-27-12-4-13-28-46)62-60(64-61)47-29-14-5-15-30-47/h1-41H. The molecule has 3 heteroatoms. The van der Waals surface area contributed by atoms with Gasteiger partial charge in [0.1, 0.15) is 0 Å². The maximum atomic E-state index is 5.01. The minimum atomic E-state index is 0.635. The maximum Gasteiger partial charge on any atom is 0.164 e. The second kappa shape index (κ2) is 17.1. The molecule has 1 heterocycles. The third kappa shape index (κ3) is 7.36. The van der Waals surface area contributed by atoms with Crippen LogP contribution in [0.5, 0.6) is 0 Å². The van der Waals surface area contributed by atoms with Crippen LogP contribution in [0.25, 0.3) is 89.1 Å². The van der Waals surface area contributed by atoms with Crippen LogP contribution in [-0.2, 0) is 0 Å². The molecule has 0 aliphatic rings. The van der Waals surface area contributed by atoms with E-state index in [0.717, 1.165) is 27.8 Å². The summed E-state index contributed by atoms with van der Waals surface area (Å²) in [5.41, 5.74) is 14.6. The molecule has 11 aromatic rings. The first-order valence-electron chi connectivity index (χ1n) is 21.7. The smallest absolute Gasteiger partial charge is 0.164 e. The molecule has 10 aromatic carbocycles. The van der Waals surface area contributed by atoms with E-state index in [2.05, 4.69) is 188 Å². The molecular formula is C61H41N3. The first-order chi connectivity index (χ1) is 31.8. The van der Waals surface area contributed by atoms with Gasteiger partial charge in [-0.25, -0.2) is 15.0 Å². The summed E-state index contributed by atoms with van der Waals surface area (Å²) >= 11 is 0. The lowest BCUT2D eigenvalue weighted by molar-refractivity contribution is 1.07. The summed E-state index contributed by atoms with van der Waals surface area (Å²) in [6.07, 6.45) is 0. The van der Waals surface area contributed by atoms with E-state index in [4.69, 9.17) is 15.0 Å². The average molecular weight is 816 g/mol. The molecular weight excluding hydrogens is 775 g/mol. The van der Waals surface area contributed by atoms with E-state index < -0.39 is 0 Å². The Morgan fingerprint density at radius 2 is 0.500 bits per heavy atom. The van der Waals surface area contributed by atoms with Gasteiger partial charge in [0.05, 0.1) is 0 Å². The Balaban J connectivity index is 1.07. The number of benzene rings is 10. The quantitative estimate of drug-likeness (QED) is 0.108. The Hall–Kier alpha value is -8.53. The minimum Gasteiger partial charge on any atom is -0.208 e. The van der Waals surface area contributed by atoms with E-state index in [1.54, 1.807) is 0 Å². The molecule has 0 aliphatic carbocycles. The van der Waals surface area contributed by atoms with Crippen LogP contribution in [0.15, 0.2) is 249 Å². The lowest BCUT2D eigenvalue weighted by Gasteiger charge is -2.20. The lowest BCUT2D eigenvalue weighted by atomic mass is 9.83. The third-order valence-corrected chi connectivity index (χ3v) is 11.9. The minimum absolute atomic E-state index is 0.635. The molecule has 0 N–H and O–H groups in total. The fourth-order valence-electron chi connectivity index (χ4n) is 9.03. The van der Waals surface area contributed by atoms with Crippen molar-refractivity contribution >= 4 is 32.7 Å². The Labute approximate surface area is 373 Å². The van der Waals surface area contributed by atoms with Gasteiger partial charge in [0, 0.05) is 16.7 Å². The fraction of sp³-hybridized carbons (Fsp3) is 0. The molecule has 0 spiro atoms. The number of hydrogen-bond donors (Lipinski definition) is 0. The molecule has 64 heavy (non-hydrogen) atoms. The average Bonchev–Trinajstić information content (AvgIpc) is 3.38. The molecule has 0 fully saturated rings. The van der Waals surface area contributed by atoms with Crippen molar-refractivity contribution in [3.05, 3.63) is 271 Å². The van der Waals surface area contributed by atoms with Crippen molar-refractivity contribution in [2.75, 3.05) is 0 Å². The first-order valence-corrected chi connectivity index (χ1v) is 21.7. The zero-order chi connectivity index (χ0) is 42.7. The molecule has 0 radical (unpaired) electrons.